The maximum Gasteiger partial charge on any atom is 0.266 e. The lowest BCUT2D eigenvalue weighted by atomic mass is 10.0. The number of methoxy groups -OCH3 is 1. The summed E-state index contributed by atoms with van der Waals surface area (Å²) < 4.78 is 6.99. The van der Waals surface area contributed by atoms with Gasteiger partial charge >= 0.3 is 0 Å². The largest absolute Gasteiger partial charge is 0.495 e. The third kappa shape index (κ3) is 3.09. The smallest absolute Gasteiger partial charge is 0.266 e. The van der Waals surface area contributed by atoms with Gasteiger partial charge in [0.2, 0.25) is 0 Å². The van der Waals surface area contributed by atoms with Crippen LogP contribution in [0.25, 0.3) is 28.2 Å². The Labute approximate surface area is 178 Å². The minimum Gasteiger partial charge on any atom is -0.495 e. The average molecular weight is 409 g/mol. The van der Waals surface area contributed by atoms with Crippen LogP contribution in [0.1, 0.15) is 17.0 Å². The van der Waals surface area contributed by atoms with Crippen LogP contribution in [0.5, 0.6) is 5.75 Å². The molecule has 6 heteroatoms. The molecule has 0 saturated heterocycles. The van der Waals surface area contributed by atoms with Crippen LogP contribution in [0, 0.1) is 6.92 Å². The number of hydrogen-bond acceptors (Lipinski definition) is 4. The lowest BCUT2D eigenvalue weighted by molar-refractivity contribution is -0.110. The Morgan fingerprint density at radius 3 is 2.61 bits per heavy atom. The van der Waals surface area contributed by atoms with Crippen LogP contribution in [-0.2, 0) is 4.79 Å². The van der Waals surface area contributed by atoms with Gasteiger partial charge in [0, 0.05) is 11.3 Å². The van der Waals surface area contributed by atoms with Crippen molar-refractivity contribution < 1.29 is 9.53 Å². The first-order chi connectivity index (χ1) is 15.1. The number of aromatic nitrogens is 2. The highest BCUT2D eigenvalue weighted by Crippen LogP contribution is 2.34. The van der Waals surface area contributed by atoms with Gasteiger partial charge in [0.25, 0.3) is 11.5 Å². The standard InChI is InChI=1S/C25H19N3O3/c1-15-11-12-20-17(13-15)18(24(29)27-20)14-23-26-19-8-4-3-7-16(19)25(30)28(23)21-9-5-6-10-22(21)31-2/h3-14H,1-2H3,(H,27,29). The van der Waals surface area contributed by atoms with Crippen LogP contribution in [0.2, 0.25) is 0 Å². The molecule has 1 aliphatic heterocycles. The Morgan fingerprint density at radius 1 is 1.00 bits per heavy atom. The summed E-state index contributed by atoms with van der Waals surface area (Å²) in [5.41, 5.74) is 3.92. The van der Waals surface area contributed by atoms with Crippen LogP contribution in [0.15, 0.2) is 71.5 Å². The molecule has 1 amide bonds. The monoisotopic (exact) mass is 409 g/mol. The van der Waals surface area contributed by atoms with Crippen molar-refractivity contribution >= 4 is 34.1 Å². The summed E-state index contributed by atoms with van der Waals surface area (Å²) in [6.07, 6.45) is 1.67. The third-order valence-corrected chi connectivity index (χ3v) is 5.36. The van der Waals surface area contributed by atoms with Crippen LogP contribution < -0.4 is 15.6 Å². The van der Waals surface area contributed by atoms with E-state index < -0.39 is 0 Å². The van der Waals surface area contributed by atoms with E-state index in [9.17, 15) is 9.59 Å². The van der Waals surface area contributed by atoms with Gasteiger partial charge < -0.3 is 10.1 Å². The predicted octanol–water partition coefficient (Wildman–Crippen LogP) is 4.20. The highest BCUT2D eigenvalue weighted by atomic mass is 16.5. The van der Waals surface area contributed by atoms with E-state index in [1.807, 2.05) is 43.3 Å². The van der Waals surface area contributed by atoms with Crippen LogP contribution in [0.3, 0.4) is 0 Å². The maximum atomic E-state index is 13.5. The highest BCUT2D eigenvalue weighted by Gasteiger charge is 2.25. The number of amides is 1. The lowest BCUT2D eigenvalue weighted by Gasteiger charge is -2.15. The number of benzene rings is 3. The summed E-state index contributed by atoms with van der Waals surface area (Å²) in [5, 5.41) is 3.37. The van der Waals surface area contributed by atoms with Gasteiger partial charge in [-0.25, -0.2) is 4.98 Å². The van der Waals surface area contributed by atoms with Crippen LogP contribution >= 0.6 is 0 Å². The number of hydrogen-bond donors (Lipinski definition) is 1. The summed E-state index contributed by atoms with van der Waals surface area (Å²) in [7, 11) is 1.56. The number of anilines is 1. The molecule has 0 fully saturated rings. The summed E-state index contributed by atoms with van der Waals surface area (Å²) in [5.74, 6) is 0.663. The second kappa shape index (κ2) is 7.25. The van der Waals surface area contributed by atoms with Crippen molar-refractivity contribution in [1.29, 1.82) is 0 Å². The second-order valence-corrected chi connectivity index (χ2v) is 7.36. The molecule has 0 aliphatic carbocycles. The minimum atomic E-state index is -0.232. The number of fused-ring (bicyclic) bond motifs is 2. The van der Waals surface area contributed by atoms with E-state index in [-0.39, 0.29) is 11.5 Å². The summed E-state index contributed by atoms with van der Waals surface area (Å²) in [4.78, 5) is 31.0. The zero-order valence-electron chi connectivity index (χ0n) is 17.0. The molecule has 2 heterocycles. The normalized spacial score (nSPS) is 14.0. The zero-order valence-corrected chi connectivity index (χ0v) is 17.0. The molecule has 0 radical (unpaired) electrons. The SMILES string of the molecule is COc1ccccc1-n1c(C=C2C(=O)Nc3ccc(C)cc32)nc2ccccc2c1=O. The Kier molecular flexibility index (Phi) is 4.40. The molecule has 3 aromatic carbocycles. The predicted molar refractivity (Wildman–Crippen MR) is 122 cm³/mol. The van der Waals surface area contributed by atoms with Crippen molar-refractivity contribution in [2.45, 2.75) is 6.92 Å². The molecule has 0 unspecified atom stereocenters. The molecular formula is C25H19N3O3. The summed E-state index contributed by atoms with van der Waals surface area (Å²) in [6, 6.07) is 20.2. The fourth-order valence-corrected chi connectivity index (χ4v) is 3.87. The van der Waals surface area contributed by atoms with Crippen molar-refractivity contribution in [3.05, 3.63) is 94.0 Å². The van der Waals surface area contributed by atoms with Gasteiger partial charge in [0.15, 0.2) is 0 Å². The average Bonchev–Trinajstić information content (AvgIpc) is 3.08. The van der Waals surface area contributed by atoms with Crippen LogP contribution in [-0.4, -0.2) is 22.6 Å². The number of ether oxygens (including phenoxy) is 1. The van der Waals surface area contributed by atoms with Crippen molar-refractivity contribution in [2.24, 2.45) is 0 Å². The number of nitrogens with one attached hydrogen (secondary N) is 1. The van der Waals surface area contributed by atoms with Gasteiger partial charge in [-0.2, -0.15) is 0 Å². The molecular weight excluding hydrogens is 390 g/mol. The molecule has 0 saturated carbocycles. The first-order valence-corrected chi connectivity index (χ1v) is 9.86. The van der Waals surface area contributed by atoms with Gasteiger partial charge in [-0.1, -0.05) is 35.9 Å². The van der Waals surface area contributed by atoms with E-state index >= 15 is 0 Å². The molecule has 4 aromatic rings. The molecule has 0 atom stereocenters. The van der Waals surface area contributed by atoms with E-state index in [1.165, 1.54) is 4.57 Å². The van der Waals surface area contributed by atoms with Crippen LogP contribution in [0.4, 0.5) is 5.69 Å². The van der Waals surface area contributed by atoms with E-state index in [0.29, 0.717) is 33.7 Å². The van der Waals surface area contributed by atoms with E-state index in [1.54, 1.807) is 43.5 Å². The number of rotatable bonds is 3. The van der Waals surface area contributed by atoms with Gasteiger partial charge in [-0.3, -0.25) is 14.2 Å². The van der Waals surface area contributed by atoms with Crippen molar-refractivity contribution in [3.63, 3.8) is 0 Å². The van der Waals surface area contributed by atoms with Gasteiger partial charge in [0.1, 0.15) is 11.6 Å². The number of nitrogens with zero attached hydrogens (tertiary/aromatic N) is 2. The number of carbonyl (C=O) groups is 1. The molecule has 1 N–H and O–H groups in total. The Bertz CT molecular complexity index is 1450. The quantitative estimate of drug-likeness (QED) is 0.515. The van der Waals surface area contributed by atoms with Crippen molar-refractivity contribution in [3.8, 4) is 11.4 Å². The summed E-state index contributed by atoms with van der Waals surface area (Å²) in [6.45, 7) is 1.97. The maximum absolute atomic E-state index is 13.5. The molecule has 1 aliphatic rings. The Balaban J connectivity index is 1.84. The lowest BCUT2D eigenvalue weighted by Crippen LogP contribution is -2.23. The number of para-hydroxylation sites is 3. The zero-order chi connectivity index (χ0) is 21.5. The number of carbonyl (C=O) groups excluding carboxylic acids is 1. The molecule has 0 spiro atoms. The van der Waals surface area contributed by atoms with Crippen molar-refractivity contribution in [2.75, 3.05) is 12.4 Å². The fraction of sp³-hybridized carbons (Fsp3) is 0.0800. The fourth-order valence-electron chi connectivity index (χ4n) is 3.87. The van der Waals surface area contributed by atoms with E-state index in [2.05, 4.69) is 5.32 Å². The number of aryl methyl sites for hydroxylation is 1. The van der Waals surface area contributed by atoms with Gasteiger partial charge in [-0.05, 0) is 49.4 Å². The van der Waals surface area contributed by atoms with Gasteiger partial charge in [-0.15, -0.1) is 0 Å². The molecule has 1 aromatic heterocycles. The summed E-state index contributed by atoms with van der Waals surface area (Å²) >= 11 is 0. The molecule has 152 valence electrons. The molecule has 31 heavy (non-hydrogen) atoms. The molecule has 6 nitrogen and oxygen atoms in total. The van der Waals surface area contributed by atoms with Crippen molar-refractivity contribution in [1.82, 2.24) is 9.55 Å². The highest BCUT2D eigenvalue weighted by molar-refractivity contribution is 6.34. The first kappa shape index (κ1) is 18.8. The topological polar surface area (TPSA) is 73.2 Å². The first-order valence-electron chi connectivity index (χ1n) is 9.86. The minimum absolute atomic E-state index is 0.227. The molecule has 5 rings (SSSR count). The van der Waals surface area contributed by atoms with E-state index in [0.717, 1.165) is 16.8 Å². The van der Waals surface area contributed by atoms with Gasteiger partial charge in [0.05, 0.1) is 29.3 Å². The Morgan fingerprint density at radius 2 is 1.77 bits per heavy atom. The molecule has 0 bridgehead atoms. The van der Waals surface area contributed by atoms with E-state index in [4.69, 9.17) is 9.72 Å². The third-order valence-electron chi connectivity index (χ3n) is 5.36. The second-order valence-electron chi connectivity index (χ2n) is 7.36. The Hall–Kier alpha value is -4.19.